The zero-order valence-corrected chi connectivity index (χ0v) is 5.73. The van der Waals surface area contributed by atoms with Gasteiger partial charge < -0.3 is 0 Å². The number of hydrogen-bond donors (Lipinski definition) is 2. The van der Waals surface area contributed by atoms with E-state index in [1.54, 1.807) is 22.9 Å². The number of anilines is 1. The second-order valence-electron chi connectivity index (χ2n) is 2.18. The van der Waals surface area contributed by atoms with E-state index in [9.17, 15) is 0 Å². The fourth-order valence-corrected chi connectivity index (χ4v) is 1.04. The first-order valence-corrected chi connectivity index (χ1v) is 3.24. The highest BCUT2D eigenvalue weighted by atomic mass is 16.5. The SMILES string of the molecule is ONc1cccc2nccn12. The molecule has 0 amide bonds. The average Bonchev–Trinajstić information content (AvgIpc) is 2.50. The molecule has 0 fully saturated rings. The summed E-state index contributed by atoms with van der Waals surface area (Å²) in [6.07, 6.45) is 3.45. The highest BCUT2D eigenvalue weighted by Crippen LogP contribution is 2.08. The summed E-state index contributed by atoms with van der Waals surface area (Å²) in [5.74, 6) is 0.611. The van der Waals surface area contributed by atoms with Gasteiger partial charge in [-0.25, -0.2) is 4.98 Å². The summed E-state index contributed by atoms with van der Waals surface area (Å²) in [7, 11) is 0. The third-order valence-electron chi connectivity index (χ3n) is 1.54. The molecule has 0 saturated heterocycles. The maximum absolute atomic E-state index is 8.66. The molecule has 0 spiro atoms. The van der Waals surface area contributed by atoms with Gasteiger partial charge in [-0.2, -0.15) is 0 Å². The van der Waals surface area contributed by atoms with Gasteiger partial charge in [0.15, 0.2) is 0 Å². The van der Waals surface area contributed by atoms with E-state index in [1.807, 2.05) is 12.1 Å². The van der Waals surface area contributed by atoms with Crippen molar-refractivity contribution in [3.05, 3.63) is 30.6 Å². The first-order valence-electron chi connectivity index (χ1n) is 3.24. The summed E-state index contributed by atoms with van der Waals surface area (Å²) in [5, 5.41) is 8.66. The van der Waals surface area contributed by atoms with Crippen LogP contribution < -0.4 is 5.48 Å². The monoisotopic (exact) mass is 149 g/mol. The van der Waals surface area contributed by atoms with Crippen molar-refractivity contribution in [1.82, 2.24) is 9.38 Å². The van der Waals surface area contributed by atoms with Gasteiger partial charge in [0.25, 0.3) is 0 Å². The molecule has 2 heterocycles. The van der Waals surface area contributed by atoms with Gasteiger partial charge in [0, 0.05) is 12.4 Å². The maximum Gasteiger partial charge on any atom is 0.138 e. The van der Waals surface area contributed by atoms with E-state index < -0.39 is 0 Å². The predicted molar refractivity (Wildman–Crippen MR) is 40.6 cm³/mol. The van der Waals surface area contributed by atoms with E-state index in [2.05, 4.69) is 10.5 Å². The lowest BCUT2D eigenvalue weighted by molar-refractivity contribution is 0.385. The van der Waals surface area contributed by atoms with E-state index in [-0.39, 0.29) is 0 Å². The number of hydrogen-bond acceptors (Lipinski definition) is 3. The molecule has 0 aromatic carbocycles. The summed E-state index contributed by atoms with van der Waals surface area (Å²) >= 11 is 0. The van der Waals surface area contributed by atoms with Gasteiger partial charge in [0.1, 0.15) is 11.5 Å². The number of nitrogens with one attached hydrogen (secondary N) is 1. The van der Waals surface area contributed by atoms with Crippen LogP contribution in [0.4, 0.5) is 5.82 Å². The minimum atomic E-state index is 0.611. The first-order chi connectivity index (χ1) is 5.42. The Labute approximate surface area is 63.1 Å². The van der Waals surface area contributed by atoms with Crippen LogP contribution in [0.25, 0.3) is 5.65 Å². The van der Waals surface area contributed by atoms with Crippen molar-refractivity contribution in [3.8, 4) is 0 Å². The zero-order chi connectivity index (χ0) is 7.68. The molecule has 0 aliphatic rings. The third kappa shape index (κ3) is 0.841. The lowest BCUT2D eigenvalue weighted by atomic mass is 10.4. The molecule has 56 valence electrons. The van der Waals surface area contributed by atoms with Crippen LogP contribution in [0.5, 0.6) is 0 Å². The molecular formula is C7H7N3O. The fourth-order valence-electron chi connectivity index (χ4n) is 1.04. The van der Waals surface area contributed by atoms with Gasteiger partial charge in [-0.1, -0.05) is 6.07 Å². The molecular weight excluding hydrogens is 142 g/mol. The fraction of sp³-hybridized carbons (Fsp3) is 0. The van der Waals surface area contributed by atoms with Crippen LogP contribution >= 0.6 is 0 Å². The molecule has 0 unspecified atom stereocenters. The number of nitrogens with zero attached hydrogens (tertiary/aromatic N) is 2. The van der Waals surface area contributed by atoms with Gasteiger partial charge in [0.2, 0.25) is 0 Å². The predicted octanol–water partition coefficient (Wildman–Crippen LogP) is 1.14. The Morgan fingerprint density at radius 2 is 2.36 bits per heavy atom. The summed E-state index contributed by atoms with van der Waals surface area (Å²) in [4.78, 5) is 4.04. The van der Waals surface area contributed by atoms with Crippen molar-refractivity contribution in [3.63, 3.8) is 0 Å². The summed E-state index contributed by atoms with van der Waals surface area (Å²) < 4.78 is 1.75. The molecule has 11 heavy (non-hydrogen) atoms. The van der Waals surface area contributed by atoms with E-state index in [1.165, 1.54) is 0 Å². The standard InChI is InChI=1S/C7H7N3O/c11-9-7-3-1-2-6-8-4-5-10(6)7/h1-5,9,11H. The molecule has 0 radical (unpaired) electrons. The zero-order valence-electron chi connectivity index (χ0n) is 5.73. The Bertz CT molecular complexity index is 368. The van der Waals surface area contributed by atoms with Crippen LogP contribution in [0.2, 0.25) is 0 Å². The quantitative estimate of drug-likeness (QED) is 0.597. The molecule has 2 aromatic heterocycles. The molecule has 0 saturated carbocycles. The molecule has 2 rings (SSSR count). The Kier molecular flexibility index (Phi) is 1.26. The van der Waals surface area contributed by atoms with E-state index in [4.69, 9.17) is 5.21 Å². The summed E-state index contributed by atoms with van der Waals surface area (Å²) in [6, 6.07) is 5.44. The van der Waals surface area contributed by atoms with Crippen LogP contribution in [0.15, 0.2) is 30.6 Å². The highest BCUT2D eigenvalue weighted by molar-refractivity contribution is 5.48. The van der Waals surface area contributed by atoms with Crippen LogP contribution in [-0.4, -0.2) is 14.6 Å². The number of pyridine rings is 1. The minimum absolute atomic E-state index is 0.611. The molecule has 0 bridgehead atoms. The van der Waals surface area contributed by atoms with Crippen molar-refractivity contribution >= 4 is 11.5 Å². The Morgan fingerprint density at radius 3 is 3.18 bits per heavy atom. The number of imidazole rings is 1. The van der Waals surface area contributed by atoms with Crippen LogP contribution in [0.1, 0.15) is 0 Å². The number of rotatable bonds is 1. The topological polar surface area (TPSA) is 49.6 Å². The Balaban J connectivity index is 2.79. The lowest BCUT2D eigenvalue weighted by Gasteiger charge is -2.00. The second kappa shape index (κ2) is 2.25. The molecule has 2 N–H and O–H groups in total. The molecule has 4 heteroatoms. The van der Waals surface area contributed by atoms with Gasteiger partial charge in [-0.15, -0.1) is 0 Å². The normalized spacial score (nSPS) is 10.3. The lowest BCUT2D eigenvalue weighted by Crippen LogP contribution is -1.96. The van der Waals surface area contributed by atoms with Crippen LogP contribution in [-0.2, 0) is 0 Å². The molecule has 0 aliphatic heterocycles. The number of aromatic nitrogens is 2. The molecule has 0 atom stereocenters. The van der Waals surface area contributed by atoms with E-state index in [0.717, 1.165) is 5.65 Å². The average molecular weight is 149 g/mol. The van der Waals surface area contributed by atoms with Crippen molar-refractivity contribution in [2.24, 2.45) is 0 Å². The van der Waals surface area contributed by atoms with Gasteiger partial charge in [0.05, 0.1) is 0 Å². The Morgan fingerprint density at radius 1 is 1.45 bits per heavy atom. The molecule has 4 nitrogen and oxygen atoms in total. The largest absolute Gasteiger partial charge is 0.290 e. The number of fused-ring (bicyclic) bond motifs is 1. The van der Waals surface area contributed by atoms with Crippen LogP contribution in [0.3, 0.4) is 0 Å². The van der Waals surface area contributed by atoms with Gasteiger partial charge in [-0.3, -0.25) is 15.1 Å². The highest BCUT2D eigenvalue weighted by Gasteiger charge is 1.96. The second-order valence-corrected chi connectivity index (χ2v) is 2.18. The van der Waals surface area contributed by atoms with E-state index in [0.29, 0.717) is 5.82 Å². The molecule has 2 aromatic rings. The smallest absolute Gasteiger partial charge is 0.138 e. The van der Waals surface area contributed by atoms with Crippen LogP contribution in [0, 0.1) is 0 Å². The third-order valence-corrected chi connectivity index (χ3v) is 1.54. The van der Waals surface area contributed by atoms with Crippen molar-refractivity contribution in [1.29, 1.82) is 0 Å². The first kappa shape index (κ1) is 6.18. The summed E-state index contributed by atoms with van der Waals surface area (Å²) in [6.45, 7) is 0. The van der Waals surface area contributed by atoms with Crippen molar-refractivity contribution < 1.29 is 5.21 Å². The van der Waals surface area contributed by atoms with Gasteiger partial charge >= 0.3 is 0 Å². The van der Waals surface area contributed by atoms with E-state index >= 15 is 0 Å². The van der Waals surface area contributed by atoms with Gasteiger partial charge in [-0.05, 0) is 12.1 Å². The minimum Gasteiger partial charge on any atom is -0.290 e. The summed E-state index contributed by atoms with van der Waals surface area (Å²) in [5.41, 5.74) is 2.89. The molecule has 0 aliphatic carbocycles. The van der Waals surface area contributed by atoms with Crippen molar-refractivity contribution in [2.75, 3.05) is 5.48 Å². The Hall–Kier alpha value is -1.55. The van der Waals surface area contributed by atoms with Crippen molar-refractivity contribution in [2.45, 2.75) is 0 Å². The maximum atomic E-state index is 8.66.